The first-order valence-electron chi connectivity index (χ1n) is 12.1. The van der Waals surface area contributed by atoms with Crippen LogP contribution in [0.4, 0.5) is 20.7 Å². The fourth-order valence-corrected chi connectivity index (χ4v) is 5.46. The van der Waals surface area contributed by atoms with Crippen LogP contribution in [0.3, 0.4) is 0 Å². The number of nitrogens with one attached hydrogen (secondary N) is 2. The molecule has 182 valence electrons. The average molecular weight is 479 g/mol. The third-order valence-corrected chi connectivity index (χ3v) is 7.24. The minimum absolute atomic E-state index is 0.113. The molecule has 1 atom stereocenters. The molecule has 3 aromatic rings. The fourth-order valence-electron chi connectivity index (χ4n) is 5.46. The second kappa shape index (κ2) is 8.64. The van der Waals surface area contributed by atoms with Gasteiger partial charge in [0.2, 0.25) is 5.88 Å². The van der Waals surface area contributed by atoms with Crippen LogP contribution in [-0.4, -0.2) is 47.5 Å². The van der Waals surface area contributed by atoms with E-state index in [-0.39, 0.29) is 17.5 Å². The number of anilines is 2. The first-order chi connectivity index (χ1) is 17.0. The molecule has 2 N–H and O–H groups in total. The van der Waals surface area contributed by atoms with E-state index in [0.717, 1.165) is 48.7 Å². The van der Waals surface area contributed by atoms with Gasteiger partial charge >= 0.3 is 6.09 Å². The number of benzene rings is 1. The lowest BCUT2D eigenvalue weighted by Gasteiger charge is -2.21. The first-order valence-corrected chi connectivity index (χ1v) is 12.1. The Morgan fingerprint density at radius 1 is 1.17 bits per heavy atom. The van der Waals surface area contributed by atoms with Crippen molar-refractivity contribution in [2.45, 2.75) is 50.7 Å². The van der Waals surface area contributed by atoms with Crippen LogP contribution in [0.25, 0.3) is 21.9 Å². The summed E-state index contributed by atoms with van der Waals surface area (Å²) in [5.41, 5.74) is 2.63. The number of halogens is 1. The van der Waals surface area contributed by atoms with Gasteiger partial charge in [0.15, 0.2) is 0 Å². The van der Waals surface area contributed by atoms with Gasteiger partial charge in [0.1, 0.15) is 30.0 Å². The van der Waals surface area contributed by atoms with E-state index in [0.29, 0.717) is 48.0 Å². The van der Waals surface area contributed by atoms with E-state index in [1.807, 2.05) is 6.92 Å². The normalized spacial score (nSPS) is 20.3. The van der Waals surface area contributed by atoms with Crippen LogP contribution in [0.5, 0.6) is 5.88 Å². The second-order valence-electron chi connectivity index (χ2n) is 9.56. The predicted molar refractivity (Wildman–Crippen MR) is 129 cm³/mol. The highest BCUT2D eigenvalue weighted by Crippen LogP contribution is 2.42. The zero-order valence-corrected chi connectivity index (χ0v) is 19.5. The van der Waals surface area contributed by atoms with Crippen molar-refractivity contribution in [3.63, 3.8) is 0 Å². The molecule has 3 aliphatic rings. The molecule has 2 aromatic heterocycles. The maximum Gasteiger partial charge on any atom is 0.413 e. The SMILES string of the molecule is Cc1c(-c2cc3cc(NC(=O)OC4COC5(CCCC5)C4)ncc3cc2F)cnc2c1NCCO2. The van der Waals surface area contributed by atoms with Crippen LogP contribution in [0.2, 0.25) is 0 Å². The van der Waals surface area contributed by atoms with Gasteiger partial charge in [-0.05, 0) is 48.9 Å². The Bertz CT molecular complexity index is 1310. The third-order valence-electron chi connectivity index (χ3n) is 7.24. The number of nitrogens with zero attached hydrogens (tertiary/aromatic N) is 2. The molecule has 1 aliphatic carbocycles. The molecule has 1 aromatic carbocycles. The molecule has 1 unspecified atom stereocenters. The Morgan fingerprint density at radius 3 is 2.89 bits per heavy atom. The number of carbonyl (C=O) groups excluding carboxylic acids is 1. The van der Waals surface area contributed by atoms with Gasteiger partial charge in [-0.2, -0.15) is 0 Å². The van der Waals surface area contributed by atoms with Crippen LogP contribution in [-0.2, 0) is 9.47 Å². The van der Waals surface area contributed by atoms with Gasteiger partial charge in [-0.3, -0.25) is 5.32 Å². The van der Waals surface area contributed by atoms with Crippen LogP contribution in [0.15, 0.2) is 30.6 Å². The molecule has 35 heavy (non-hydrogen) atoms. The lowest BCUT2D eigenvalue weighted by molar-refractivity contribution is 0.00627. The number of amides is 1. The summed E-state index contributed by atoms with van der Waals surface area (Å²) in [5, 5.41) is 7.35. The number of carbonyl (C=O) groups is 1. The number of ether oxygens (including phenoxy) is 3. The lowest BCUT2D eigenvalue weighted by atomic mass is 9.97. The Balaban J connectivity index is 1.22. The summed E-state index contributed by atoms with van der Waals surface area (Å²) in [4.78, 5) is 21.1. The summed E-state index contributed by atoms with van der Waals surface area (Å²) in [6.45, 7) is 3.56. The van der Waals surface area contributed by atoms with Gasteiger partial charge in [-0.15, -0.1) is 0 Å². The van der Waals surface area contributed by atoms with Crippen molar-refractivity contribution < 1.29 is 23.4 Å². The molecule has 0 bridgehead atoms. The Kier molecular flexibility index (Phi) is 5.44. The molecule has 4 heterocycles. The quantitative estimate of drug-likeness (QED) is 0.534. The minimum atomic E-state index is -0.566. The molecule has 9 heteroatoms. The number of hydrogen-bond acceptors (Lipinski definition) is 7. The van der Waals surface area contributed by atoms with Crippen LogP contribution < -0.4 is 15.4 Å². The smallest absolute Gasteiger partial charge is 0.413 e. The number of rotatable bonds is 3. The van der Waals surface area contributed by atoms with Crippen LogP contribution in [0, 0.1) is 12.7 Å². The summed E-state index contributed by atoms with van der Waals surface area (Å²) < 4.78 is 32.2. The minimum Gasteiger partial charge on any atom is -0.474 e. The Morgan fingerprint density at radius 2 is 2.03 bits per heavy atom. The molecule has 6 rings (SSSR count). The number of hydrogen-bond donors (Lipinski definition) is 2. The largest absolute Gasteiger partial charge is 0.474 e. The average Bonchev–Trinajstić information content (AvgIpc) is 3.48. The zero-order chi connectivity index (χ0) is 24.0. The van der Waals surface area contributed by atoms with Gasteiger partial charge in [-0.1, -0.05) is 12.8 Å². The monoisotopic (exact) mass is 478 g/mol. The van der Waals surface area contributed by atoms with Crippen molar-refractivity contribution in [2.24, 2.45) is 0 Å². The summed E-state index contributed by atoms with van der Waals surface area (Å²) in [6.07, 6.45) is 7.46. The van der Waals surface area contributed by atoms with Crippen molar-refractivity contribution >= 4 is 28.4 Å². The van der Waals surface area contributed by atoms with Gasteiger partial charge in [0, 0.05) is 41.9 Å². The Labute approximate surface area is 202 Å². The number of fused-ring (bicyclic) bond motifs is 2. The summed E-state index contributed by atoms with van der Waals surface area (Å²) in [7, 11) is 0. The Hall–Kier alpha value is -3.46. The van der Waals surface area contributed by atoms with Gasteiger partial charge < -0.3 is 19.5 Å². The van der Waals surface area contributed by atoms with E-state index in [9.17, 15) is 4.79 Å². The highest BCUT2D eigenvalue weighted by Gasteiger charge is 2.43. The summed E-state index contributed by atoms with van der Waals surface area (Å²) >= 11 is 0. The second-order valence-corrected chi connectivity index (χ2v) is 9.56. The molecule has 2 fully saturated rings. The first kappa shape index (κ1) is 22.0. The van der Waals surface area contributed by atoms with E-state index in [1.54, 1.807) is 18.3 Å². The maximum atomic E-state index is 15.1. The predicted octanol–water partition coefficient (Wildman–Crippen LogP) is 5.20. The molecule has 1 amide bonds. The van der Waals surface area contributed by atoms with Crippen molar-refractivity contribution in [1.82, 2.24) is 9.97 Å². The molecule has 0 radical (unpaired) electrons. The van der Waals surface area contributed by atoms with Gasteiger partial charge in [-0.25, -0.2) is 19.2 Å². The molecule has 8 nitrogen and oxygen atoms in total. The molecule has 1 spiro atoms. The fraction of sp³-hybridized carbons (Fsp3) is 0.423. The van der Waals surface area contributed by atoms with E-state index >= 15 is 4.39 Å². The molecule has 1 saturated heterocycles. The highest BCUT2D eigenvalue weighted by molar-refractivity contribution is 5.92. The van der Waals surface area contributed by atoms with E-state index in [4.69, 9.17) is 14.2 Å². The van der Waals surface area contributed by atoms with Gasteiger partial charge in [0.25, 0.3) is 0 Å². The molecular formula is C26H27FN4O4. The topological polar surface area (TPSA) is 94.6 Å². The molecule has 1 saturated carbocycles. The van der Waals surface area contributed by atoms with E-state index in [2.05, 4.69) is 20.6 Å². The lowest BCUT2D eigenvalue weighted by Crippen LogP contribution is -2.26. The number of pyridine rings is 2. The van der Waals surface area contributed by atoms with Crippen LogP contribution >= 0.6 is 0 Å². The maximum absolute atomic E-state index is 15.1. The standard InChI is InChI=1S/C26H27FN4O4/c1-15-20(13-30-24-23(15)28-6-7-33-24)19-8-16-10-22(29-12-17(16)9-21(19)27)31-25(32)35-18-11-26(34-14-18)4-2-3-5-26/h8-10,12-13,18,28H,2-7,11,14H2,1H3,(H,29,31,32). The third kappa shape index (κ3) is 4.14. The number of aromatic nitrogens is 2. The van der Waals surface area contributed by atoms with Crippen molar-refractivity contribution in [1.29, 1.82) is 0 Å². The van der Waals surface area contributed by atoms with Crippen LogP contribution in [0.1, 0.15) is 37.7 Å². The van der Waals surface area contributed by atoms with Gasteiger partial charge in [0.05, 0.1) is 12.2 Å². The summed E-state index contributed by atoms with van der Waals surface area (Å²) in [5.74, 6) is 0.493. The van der Waals surface area contributed by atoms with Crippen molar-refractivity contribution in [3.8, 4) is 17.0 Å². The van der Waals surface area contributed by atoms with E-state index in [1.165, 1.54) is 12.3 Å². The van der Waals surface area contributed by atoms with Crippen molar-refractivity contribution in [2.75, 3.05) is 30.4 Å². The molecular weight excluding hydrogens is 451 g/mol. The van der Waals surface area contributed by atoms with E-state index < -0.39 is 6.09 Å². The molecule has 2 aliphatic heterocycles. The zero-order valence-electron chi connectivity index (χ0n) is 19.5. The highest BCUT2D eigenvalue weighted by atomic mass is 19.1. The summed E-state index contributed by atoms with van der Waals surface area (Å²) in [6, 6.07) is 4.91. The van der Waals surface area contributed by atoms with Crippen molar-refractivity contribution in [3.05, 3.63) is 42.0 Å².